The number of fused-ring (bicyclic) bond motifs is 1. The molecule has 2 aromatic heterocycles. The van der Waals surface area contributed by atoms with Crippen LogP contribution in [0.1, 0.15) is 21.7 Å². The van der Waals surface area contributed by atoms with Crippen molar-refractivity contribution in [3.63, 3.8) is 0 Å². The molecular weight excluding hydrogens is 254 g/mol. The summed E-state index contributed by atoms with van der Waals surface area (Å²) in [7, 11) is 0. The van der Waals surface area contributed by atoms with Gasteiger partial charge in [-0.25, -0.2) is 14.5 Å². The standard InChI is InChI=1S/C15H13N3O2/c1-9-7-10(2)18(17-9)14-12-6-4-3-5-11(12)13(8-16-14)15(19)20/h3-8H,1-2H3,(H,19,20). The normalized spacial score (nSPS) is 10.9. The molecule has 1 N–H and O–H groups in total. The number of rotatable bonds is 2. The van der Waals surface area contributed by atoms with Crippen LogP contribution >= 0.6 is 0 Å². The Morgan fingerprint density at radius 2 is 1.90 bits per heavy atom. The highest BCUT2D eigenvalue weighted by Crippen LogP contribution is 2.24. The molecule has 0 fully saturated rings. The molecule has 1 aromatic carbocycles. The molecule has 100 valence electrons. The van der Waals surface area contributed by atoms with E-state index in [-0.39, 0.29) is 5.56 Å². The highest BCUT2D eigenvalue weighted by Gasteiger charge is 2.14. The van der Waals surface area contributed by atoms with E-state index in [2.05, 4.69) is 10.1 Å². The summed E-state index contributed by atoms with van der Waals surface area (Å²) >= 11 is 0. The Labute approximate surface area is 115 Å². The van der Waals surface area contributed by atoms with Gasteiger partial charge in [0.05, 0.1) is 11.3 Å². The Morgan fingerprint density at radius 1 is 1.20 bits per heavy atom. The van der Waals surface area contributed by atoms with Gasteiger partial charge in [0.15, 0.2) is 5.82 Å². The first-order valence-electron chi connectivity index (χ1n) is 6.22. The number of pyridine rings is 1. The molecular formula is C15H13N3O2. The highest BCUT2D eigenvalue weighted by molar-refractivity contribution is 6.05. The van der Waals surface area contributed by atoms with Gasteiger partial charge in [0, 0.05) is 22.7 Å². The van der Waals surface area contributed by atoms with Crippen LogP contribution in [-0.4, -0.2) is 25.8 Å². The zero-order chi connectivity index (χ0) is 14.3. The fourth-order valence-corrected chi connectivity index (χ4v) is 2.36. The molecule has 0 aliphatic heterocycles. The minimum absolute atomic E-state index is 0.200. The molecule has 0 saturated heterocycles. The van der Waals surface area contributed by atoms with Crippen LogP contribution in [0.15, 0.2) is 36.5 Å². The first-order valence-corrected chi connectivity index (χ1v) is 6.22. The maximum absolute atomic E-state index is 11.3. The van der Waals surface area contributed by atoms with Crippen molar-refractivity contribution in [2.45, 2.75) is 13.8 Å². The quantitative estimate of drug-likeness (QED) is 0.775. The molecule has 0 unspecified atom stereocenters. The van der Waals surface area contributed by atoms with Crippen LogP contribution in [0.5, 0.6) is 0 Å². The van der Waals surface area contributed by atoms with Gasteiger partial charge in [-0.1, -0.05) is 24.3 Å². The topological polar surface area (TPSA) is 68.0 Å². The number of carbonyl (C=O) groups is 1. The SMILES string of the molecule is Cc1cc(C)n(-c2ncc(C(=O)O)c3ccccc23)n1. The molecule has 0 aliphatic carbocycles. The summed E-state index contributed by atoms with van der Waals surface area (Å²) in [4.78, 5) is 15.6. The molecule has 0 radical (unpaired) electrons. The molecule has 3 rings (SSSR count). The third kappa shape index (κ3) is 1.84. The molecule has 0 atom stereocenters. The predicted molar refractivity (Wildman–Crippen MR) is 75.3 cm³/mol. The Bertz CT molecular complexity index is 821. The fourth-order valence-electron chi connectivity index (χ4n) is 2.36. The largest absolute Gasteiger partial charge is 0.478 e. The van der Waals surface area contributed by atoms with Gasteiger partial charge in [-0.3, -0.25) is 0 Å². The van der Waals surface area contributed by atoms with Crippen LogP contribution < -0.4 is 0 Å². The van der Waals surface area contributed by atoms with E-state index in [9.17, 15) is 9.90 Å². The average molecular weight is 267 g/mol. The van der Waals surface area contributed by atoms with Gasteiger partial charge >= 0.3 is 5.97 Å². The van der Waals surface area contributed by atoms with E-state index in [1.54, 1.807) is 10.7 Å². The van der Waals surface area contributed by atoms with Crippen LogP contribution in [0, 0.1) is 13.8 Å². The fraction of sp³-hybridized carbons (Fsp3) is 0.133. The van der Waals surface area contributed by atoms with Crippen LogP contribution in [0.3, 0.4) is 0 Å². The number of benzene rings is 1. The molecule has 0 amide bonds. The molecule has 2 heterocycles. The van der Waals surface area contributed by atoms with Crippen molar-refractivity contribution in [2.24, 2.45) is 0 Å². The molecule has 0 bridgehead atoms. The minimum Gasteiger partial charge on any atom is -0.478 e. The predicted octanol–water partition coefficient (Wildman–Crippen LogP) is 2.74. The monoisotopic (exact) mass is 267 g/mol. The van der Waals surface area contributed by atoms with Crippen molar-refractivity contribution < 1.29 is 9.90 Å². The van der Waals surface area contributed by atoms with E-state index in [1.807, 2.05) is 38.1 Å². The van der Waals surface area contributed by atoms with Gasteiger partial charge in [-0.05, 0) is 19.9 Å². The van der Waals surface area contributed by atoms with Crippen molar-refractivity contribution in [1.82, 2.24) is 14.8 Å². The zero-order valence-corrected chi connectivity index (χ0v) is 11.2. The second kappa shape index (κ2) is 4.45. The number of aromatic nitrogens is 3. The van der Waals surface area contributed by atoms with E-state index in [0.717, 1.165) is 16.8 Å². The summed E-state index contributed by atoms with van der Waals surface area (Å²) in [6.45, 7) is 3.86. The number of aromatic carboxylic acids is 1. The number of aryl methyl sites for hydroxylation is 2. The number of nitrogens with zero attached hydrogens (tertiary/aromatic N) is 3. The van der Waals surface area contributed by atoms with E-state index < -0.39 is 5.97 Å². The lowest BCUT2D eigenvalue weighted by Gasteiger charge is -2.09. The molecule has 3 aromatic rings. The van der Waals surface area contributed by atoms with Gasteiger partial charge in [-0.15, -0.1) is 0 Å². The molecule has 0 aliphatic rings. The first kappa shape index (κ1) is 12.3. The molecule has 0 saturated carbocycles. The summed E-state index contributed by atoms with van der Waals surface area (Å²) in [5.41, 5.74) is 2.06. The third-order valence-electron chi connectivity index (χ3n) is 3.21. The van der Waals surface area contributed by atoms with Gasteiger partial charge < -0.3 is 5.11 Å². The lowest BCUT2D eigenvalue weighted by molar-refractivity contribution is 0.0698. The van der Waals surface area contributed by atoms with E-state index in [0.29, 0.717) is 11.2 Å². The van der Waals surface area contributed by atoms with Crippen molar-refractivity contribution in [3.8, 4) is 5.82 Å². The van der Waals surface area contributed by atoms with Crippen molar-refractivity contribution in [2.75, 3.05) is 0 Å². The van der Waals surface area contributed by atoms with Crippen molar-refractivity contribution >= 4 is 16.7 Å². The van der Waals surface area contributed by atoms with Crippen LogP contribution in [-0.2, 0) is 0 Å². The number of hydrogen-bond donors (Lipinski definition) is 1. The summed E-state index contributed by atoms with van der Waals surface area (Å²) in [5.74, 6) is -0.329. The van der Waals surface area contributed by atoms with Crippen molar-refractivity contribution in [1.29, 1.82) is 0 Å². The molecule has 5 nitrogen and oxygen atoms in total. The Morgan fingerprint density at radius 3 is 2.50 bits per heavy atom. The third-order valence-corrected chi connectivity index (χ3v) is 3.21. The van der Waals surface area contributed by atoms with Crippen LogP contribution in [0.2, 0.25) is 0 Å². The molecule has 20 heavy (non-hydrogen) atoms. The number of hydrogen-bond acceptors (Lipinski definition) is 3. The van der Waals surface area contributed by atoms with E-state index >= 15 is 0 Å². The van der Waals surface area contributed by atoms with E-state index in [4.69, 9.17) is 0 Å². The Balaban J connectivity index is 2.36. The maximum atomic E-state index is 11.3. The minimum atomic E-state index is -0.978. The second-order valence-corrected chi connectivity index (χ2v) is 4.69. The molecule has 0 spiro atoms. The van der Waals surface area contributed by atoms with Gasteiger partial charge in [-0.2, -0.15) is 5.10 Å². The van der Waals surface area contributed by atoms with Gasteiger partial charge in [0.1, 0.15) is 0 Å². The Kier molecular flexibility index (Phi) is 2.75. The summed E-state index contributed by atoms with van der Waals surface area (Å²) in [6, 6.07) is 9.29. The van der Waals surface area contributed by atoms with Crippen molar-refractivity contribution in [3.05, 3.63) is 53.5 Å². The first-order chi connectivity index (χ1) is 9.58. The van der Waals surface area contributed by atoms with Crippen LogP contribution in [0.25, 0.3) is 16.6 Å². The smallest absolute Gasteiger partial charge is 0.337 e. The van der Waals surface area contributed by atoms with Gasteiger partial charge in [0.2, 0.25) is 0 Å². The zero-order valence-electron chi connectivity index (χ0n) is 11.2. The molecule has 5 heteroatoms. The average Bonchev–Trinajstić information content (AvgIpc) is 2.76. The lowest BCUT2D eigenvalue weighted by atomic mass is 10.1. The number of carboxylic acids is 1. The highest BCUT2D eigenvalue weighted by atomic mass is 16.4. The second-order valence-electron chi connectivity index (χ2n) is 4.69. The van der Waals surface area contributed by atoms with Gasteiger partial charge in [0.25, 0.3) is 0 Å². The summed E-state index contributed by atoms with van der Waals surface area (Å²) in [6.07, 6.45) is 1.39. The van der Waals surface area contributed by atoms with E-state index in [1.165, 1.54) is 6.20 Å². The maximum Gasteiger partial charge on any atom is 0.337 e. The van der Waals surface area contributed by atoms with Crippen LogP contribution in [0.4, 0.5) is 0 Å². The summed E-state index contributed by atoms with van der Waals surface area (Å²) < 4.78 is 1.74. The Hall–Kier alpha value is -2.69. The lowest BCUT2D eigenvalue weighted by Crippen LogP contribution is -2.06. The summed E-state index contributed by atoms with van der Waals surface area (Å²) in [5, 5.41) is 15.1. The number of carboxylic acid groups (broad SMARTS) is 1.